The first-order chi connectivity index (χ1) is 19.3. The average Bonchev–Trinajstić information content (AvgIpc) is 3.54. The van der Waals surface area contributed by atoms with Crippen molar-refractivity contribution in [1.29, 1.82) is 0 Å². The van der Waals surface area contributed by atoms with Crippen LogP contribution in [0.5, 0.6) is 0 Å². The van der Waals surface area contributed by atoms with E-state index in [1.807, 2.05) is 11.3 Å². The maximum Gasteiger partial charge on any atom is 0.0547 e. The Labute approximate surface area is 238 Å². The Morgan fingerprint density at radius 3 is 2.08 bits per heavy atom. The highest BCUT2D eigenvalue weighted by atomic mass is 79.9. The fourth-order valence-corrected chi connectivity index (χ4v) is 7.75. The molecule has 0 spiro atoms. The molecule has 0 saturated heterocycles. The lowest BCUT2D eigenvalue weighted by atomic mass is 9.98. The summed E-state index contributed by atoms with van der Waals surface area (Å²) in [4.78, 5) is 0. The van der Waals surface area contributed by atoms with E-state index in [1.54, 1.807) is 0 Å². The normalized spacial score (nSPS) is 11.7. The van der Waals surface area contributed by atoms with Crippen molar-refractivity contribution in [2.24, 2.45) is 0 Å². The molecule has 0 aliphatic rings. The molecule has 1 nitrogen and oxygen atoms in total. The van der Waals surface area contributed by atoms with Crippen LogP contribution in [0.25, 0.3) is 69.9 Å². The Bertz CT molecular complexity index is 2170. The van der Waals surface area contributed by atoms with Gasteiger partial charge in [0.15, 0.2) is 0 Å². The zero-order valence-corrected chi connectivity index (χ0v) is 23.3. The summed E-state index contributed by atoms with van der Waals surface area (Å²) < 4.78 is 6.18. The highest BCUT2D eigenvalue weighted by molar-refractivity contribution is 9.10. The van der Waals surface area contributed by atoms with Crippen LogP contribution in [0.4, 0.5) is 0 Å². The number of benzene rings is 6. The number of fused-ring (bicyclic) bond motifs is 6. The van der Waals surface area contributed by atoms with Crippen molar-refractivity contribution >= 4 is 69.2 Å². The molecule has 0 bridgehead atoms. The number of nitrogens with zero attached hydrogens (tertiary/aromatic N) is 1. The van der Waals surface area contributed by atoms with Gasteiger partial charge in [0.1, 0.15) is 0 Å². The molecule has 0 unspecified atom stereocenters. The van der Waals surface area contributed by atoms with Crippen LogP contribution in [-0.4, -0.2) is 4.57 Å². The van der Waals surface area contributed by atoms with Crippen molar-refractivity contribution in [2.45, 2.75) is 0 Å². The first-order valence-corrected chi connectivity index (χ1v) is 14.7. The summed E-state index contributed by atoms with van der Waals surface area (Å²) in [5, 5.41) is 5.16. The molecule has 8 rings (SSSR count). The lowest BCUT2D eigenvalue weighted by Gasteiger charge is -2.10. The van der Waals surface area contributed by atoms with Crippen LogP contribution in [0.2, 0.25) is 0 Å². The van der Waals surface area contributed by atoms with Crippen molar-refractivity contribution in [3.63, 3.8) is 0 Å². The largest absolute Gasteiger partial charge is 0.309 e. The molecule has 0 saturated carbocycles. The molecule has 0 radical (unpaired) electrons. The molecular formula is C36H22BrNS. The zero-order valence-electron chi connectivity index (χ0n) is 20.9. The molecule has 184 valence electrons. The molecule has 2 aromatic heterocycles. The second-order valence-corrected chi connectivity index (χ2v) is 11.8. The van der Waals surface area contributed by atoms with Crippen molar-refractivity contribution in [1.82, 2.24) is 4.57 Å². The molecular weight excluding hydrogens is 558 g/mol. The number of halogens is 1. The van der Waals surface area contributed by atoms with E-state index in [-0.39, 0.29) is 0 Å². The van der Waals surface area contributed by atoms with Crippen LogP contribution >= 0.6 is 27.3 Å². The Morgan fingerprint density at radius 1 is 0.487 bits per heavy atom. The van der Waals surface area contributed by atoms with Crippen molar-refractivity contribution in [3.8, 4) is 27.9 Å². The van der Waals surface area contributed by atoms with Gasteiger partial charge in [0.05, 0.1) is 11.0 Å². The summed E-state index contributed by atoms with van der Waals surface area (Å²) in [6.07, 6.45) is 0. The van der Waals surface area contributed by atoms with Gasteiger partial charge in [0, 0.05) is 41.1 Å². The van der Waals surface area contributed by atoms with Gasteiger partial charge in [0.2, 0.25) is 0 Å². The van der Waals surface area contributed by atoms with Crippen molar-refractivity contribution < 1.29 is 0 Å². The Morgan fingerprint density at radius 2 is 1.21 bits per heavy atom. The van der Waals surface area contributed by atoms with Gasteiger partial charge in [-0.25, -0.2) is 0 Å². The fraction of sp³-hybridized carbons (Fsp3) is 0. The smallest absolute Gasteiger partial charge is 0.0547 e. The molecule has 0 atom stereocenters. The fourth-order valence-electron chi connectivity index (χ4n) is 5.92. The molecule has 6 aromatic carbocycles. The Balaban J connectivity index is 1.36. The van der Waals surface area contributed by atoms with E-state index < -0.39 is 0 Å². The number of para-hydroxylation sites is 1. The van der Waals surface area contributed by atoms with Crippen LogP contribution in [0, 0.1) is 0 Å². The number of thiophene rings is 1. The lowest BCUT2D eigenvalue weighted by Crippen LogP contribution is -1.93. The Hall–Kier alpha value is -4.18. The van der Waals surface area contributed by atoms with E-state index >= 15 is 0 Å². The molecule has 0 amide bonds. The first-order valence-electron chi connectivity index (χ1n) is 13.1. The van der Waals surface area contributed by atoms with Gasteiger partial charge < -0.3 is 4.57 Å². The number of hydrogen-bond donors (Lipinski definition) is 0. The van der Waals surface area contributed by atoms with Gasteiger partial charge >= 0.3 is 0 Å². The van der Waals surface area contributed by atoms with Gasteiger partial charge in [-0.15, -0.1) is 11.3 Å². The maximum atomic E-state index is 3.80. The summed E-state index contributed by atoms with van der Waals surface area (Å²) in [6, 6.07) is 48.4. The lowest BCUT2D eigenvalue weighted by molar-refractivity contribution is 1.18. The van der Waals surface area contributed by atoms with Gasteiger partial charge in [-0.05, 0) is 70.8 Å². The zero-order chi connectivity index (χ0) is 25.9. The SMILES string of the molecule is Brc1cccc2sc3ccc(-c4cccc5c4c4ccccc4n5-c4ccc(-c5ccccc5)cc4)cc3c12. The van der Waals surface area contributed by atoms with E-state index in [4.69, 9.17) is 0 Å². The monoisotopic (exact) mass is 579 g/mol. The predicted octanol–water partition coefficient (Wildman–Crippen LogP) is 11.2. The molecule has 8 aromatic rings. The molecule has 3 heteroatoms. The topological polar surface area (TPSA) is 4.93 Å². The minimum atomic E-state index is 1.15. The van der Waals surface area contributed by atoms with E-state index in [1.165, 1.54) is 69.9 Å². The number of aromatic nitrogens is 1. The molecule has 2 heterocycles. The quantitative estimate of drug-likeness (QED) is 0.196. The van der Waals surface area contributed by atoms with Crippen molar-refractivity contribution in [3.05, 3.63) is 138 Å². The summed E-state index contributed by atoms with van der Waals surface area (Å²) in [5.74, 6) is 0. The molecule has 0 N–H and O–H groups in total. The molecule has 0 aliphatic carbocycles. The first kappa shape index (κ1) is 22.8. The number of rotatable bonds is 3. The summed E-state index contributed by atoms with van der Waals surface area (Å²) in [5.41, 5.74) is 8.57. The van der Waals surface area contributed by atoms with Gasteiger partial charge in [0.25, 0.3) is 0 Å². The maximum absolute atomic E-state index is 3.80. The highest BCUT2D eigenvalue weighted by Crippen LogP contribution is 2.43. The van der Waals surface area contributed by atoms with Crippen LogP contribution in [0.1, 0.15) is 0 Å². The minimum absolute atomic E-state index is 1.15. The van der Waals surface area contributed by atoms with Crippen LogP contribution in [0.3, 0.4) is 0 Å². The van der Waals surface area contributed by atoms with Gasteiger partial charge in [-0.3, -0.25) is 0 Å². The third kappa shape index (κ3) is 3.58. The Kier molecular flexibility index (Phi) is 5.22. The van der Waals surface area contributed by atoms with Gasteiger partial charge in [-0.2, -0.15) is 0 Å². The van der Waals surface area contributed by atoms with Crippen LogP contribution in [0.15, 0.2) is 138 Å². The molecule has 0 aliphatic heterocycles. The summed E-state index contributed by atoms with van der Waals surface area (Å²) >= 11 is 5.66. The van der Waals surface area contributed by atoms with E-state index in [9.17, 15) is 0 Å². The predicted molar refractivity (Wildman–Crippen MR) is 172 cm³/mol. The standard InChI is InChI=1S/C36H22BrNS/c37-30-12-7-15-34-36(30)29-22-25(18-21-33(29)39-34)27-11-6-14-32-35(27)28-10-4-5-13-31(28)38(32)26-19-16-24(17-20-26)23-8-2-1-3-9-23/h1-22H. The van der Waals surface area contributed by atoms with E-state index in [2.05, 4.69) is 154 Å². The minimum Gasteiger partial charge on any atom is -0.309 e. The third-order valence-corrected chi connectivity index (χ3v) is 9.48. The summed E-state index contributed by atoms with van der Waals surface area (Å²) in [6.45, 7) is 0. The van der Waals surface area contributed by atoms with E-state index in [0.717, 1.165) is 4.47 Å². The number of hydrogen-bond acceptors (Lipinski definition) is 1. The van der Waals surface area contributed by atoms with Crippen molar-refractivity contribution in [2.75, 3.05) is 0 Å². The molecule has 0 fully saturated rings. The van der Waals surface area contributed by atoms with Crippen LogP contribution < -0.4 is 0 Å². The van der Waals surface area contributed by atoms with Crippen LogP contribution in [-0.2, 0) is 0 Å². The van der Waals surface area contributed by atoms with Gasteiger partial charge in [-0.1, -0.05) is 101 Å². The molecule has 39 heavy (non-hydrogen) atoms. The second kappa shape index (κ2) is 8.94. The highest BCUT2D eigenvalue weighted by Gasteiger charge is 2.17. The van der Waals surface area contributed by atoms with E-state index in [0.29, 0.717) is 0 Å². The summed E-state index contributed by atoms with van der Waals surface area (Å²) in [7, 11) is 0. The second-order valence-electron chi connectivity index (χ2n) is 9.89. The third-order valence-electron chi connectivity index (χ3n) is 7.69. The average molecular weight is 581 g/mol.